The van der Waals surface area contributed by atoms with Crippen molar-refractivity contribution in [1.29, 1.82) is 0 Å². The number of carboxylic acids is 1. The average Bonchev–Trinajstić information content (AvgIpc) is 2.78. The van der Waals surface area contributed by atoms with Gasteiger partial charge < -0.3 is 48.7 Å². The van der Waals surface area contributed by atoms with Crippen molar-refractivity contribution in [3.05, 3.63) is 0 Å². The molecule has 1 fully saturated rings. The number of nitrogens with one attached hydrogen (secondary N) is 4. The fourth-order valence-corrected chi connectivity index (χ4v) is 4.23. The van der Waals surface area contributed by atoms with Gasteiger partial charge in [0.15, 0.2) is 0 Å². The third-order valence-electron chi connectivity index (χ3n) is 5.04. The van der Waals surface area contributed by atoms with Crippen LogP contribution in [0.5, 0.6) is 0 Å². The molecule has 0 bridgehead atoms. The van der Waals surface area contributed by atoms with Crippen LogP contribution < -0.4 is 38.5 Å². The number of aliphatic carboxylic acids is 1. The minimum Gasteiger partial charge on any atom is -0.480 e. The van der Waals surface area contributed by atoms with Gasteiger partial charge in [0.1, 0.15) is 23.4 Å². The quantitative estimate of drug-likeness (QED) is 0.149. The van der Waals surface area contributed by atoms with Gasteiger partial charge in [-0.1, -0.05) is 0 Å². The Labute approximate surface area is 209 Å². The van der Waals surface area contributed by atoms with Gasteiger partial charge in [-0.25, -0.2) is 0 Å². The lowest BCUT2D eigenvalue weighted by atomic mass is 10.1. The van der Waals surface area contributed by atoms with E-state index in [1.807, 2.05) is 0 Å². The molecule has 0 radical (unpaired) electrons. The van der Waals surface area contributed by atoms with Gasteiger partial charge in [0, 0.05) is 12.2 Å². The van der Waals surface area contributed by atoms with Crippen molar-refractivity contribution in [2.75, 3.05) is 12.4 Å². The lowest BCUT2D eigenvalue weighted by molar-refractivity contribution is -0.138. The zero-order valence-electron chi connectivity index (χ0n) is 19.4. The molecule has 17 heteroatoms. The number of aliphatic hydroxyl groups is 1. The highest BCUT2D eigenvalue weighted by molar-refractivity contribution is 8.00. The SMILES string of the molecule is C[C@@H]1NC(=O)C(CO)NC(=O)[C@@H](N)CSC(C(=O)O)[C@@H](CCC(N)=O)NC(=O)[C@H](CC(N)=O)NC1=O. The Kier molecular flexibility index (Phi) is 12.1. The van der Waals surface area contributed by atoms with Crippen molar-refractivity contribution < 1.29 is 43.8 Å². The summed E-state index contributed by atoms with van der Waals surface area (Å²) in [4.78, 5) is 85.1. The minimum absolute atomic E-state index is 0.219. The second-order valence-corrected chi connectivity index (χ2v) is 9.20. The van der Waals surface area contributed by atoms with Gasteiger partial charge in [0.2, 0.25) is 35.4 Å². The molecule has 1 rings (SSSR count). The summed E-state index contributed by atoms with van der Waals surface area (Å²) >= 11 is 0.671. The molecule has 0 spiro atoms. The first-order valence-electron chi connectivity index (χ1n) is 10.8. The molecule has 6 atom stereocenters. The fraction of sp³-hybridized carbons (Fsp3) is 0.632. The molecule has 202 valence electrons. The normalized spacial score (nSPS) is 28.8. The number of hydrogen-bond acceptors (Lipinski definition) is 10. The Morgan fingerprint density at radius 1 is 0.917 bits per heavy atom. The van der Waals surface area contributed by atoms with E-state index in [4.69, 9.17) is 17.2 Å². The van der Waals surface area contributed by atoms with Gasteiger partial charge in [-0.3, -0.25) is 33.6 Å². The molecule has 0 aromatic heterocycles. The molecule has 36 heavy (non-hydrogen) atoms. The molecule has 2 unspecified atom stereocenters. The van der Waals surface area contributed by atoms with E-state index in [2.05, 4.69) is 21.3 Å². The third-order valence-corrected chi connectivity index (χ3v) is 6.48. The first kappa shape index (κ1) is 30.6. The molecule has 16 nitrogen and oxygen atoms in total. The number of rotatable bonds is 7. The van der Waals surface area contributed by atoms with Gasteiger partial charge in [0.05, 0.1) is 25.1 Å². The van der Waals surface area contributed by atoms with Gasteiger partial charge in [-0.15, -0.1) is 11.8 Å². The molecule has 0 aromatic carbocycles. The number of amides is 6. The number of hydrogen-bond donors (Lipinski definition) is 9. The number of thioether (sulfide) groups is 1. The number of primary amides is 2. The molecule has 12 N–H and O–H groups in total. The van der Waals surface area contributed by atoms with Crippen LogP contribution in [0.15, 0.2) is 0 Å². The van der Waals surface area contributed by atoms with E-state index < -0.39 is 89.9 Å². The average molecular weight is 534 g/mol. The molecule has 1 aliphatic rings. The predicted octanol–water partition coefficient (Wildman–Crippen LogP) is -5.39. The van der Waals surface area contributed by atoms with Crippen molar-refractivity contribution in [3.63, 3.8) is 0 Å². The highest BCUT2D eigenvalue weighted by atomic mass is 32.2. The molecule has 0 aliphatic carbocycles. The summed E-state index contributed by atoms with van der Waals surface area (Å²) in [7, 11) is 0. The summed E-state index contributed by atoms with van der Waals surface area (Å²) in [6.07, 6.45) is -1.19. The molecule has 1 saturated heterocycles. The van der Waals surface area contributed by atoms with Crippen LogP contribution >= 0.6 is 11.8 Å². The minimum atomic E-state index is -1.55. The van der Waals surface area contributed by atoms with Crippen LogP contribution in [0.3, 0.4) is 0 Å². The van der Waals surface area contributed by atoms with Crippen LogP contribution in [0.25, 0.3) is 0 Å². The summed E-state index contributed by atoms with van der Waals surface area (Å²) < 4.78 is 0. The van der Waals surface area contributed by atoms with E-state index >= 15 is 0 Å². The molecule has 1 aliphatic heterocycles. The number of nitrogens with two attached hydrogens (primary N) is 3. The Balaban J connectivity index is 3.40. The molecular formula is C19H31N7O9S. The fourth-order valence-electron chi connectivity index (χ4n) is 3.08. The lowest BCUT2D eigenvalue weighted by Crippen LogP contribution is -2.60. The van der Waals surface area contributed by atoms with Gasteiger partial charge in [-0.2, -0.15) is 0 Å². The van der Waals surface area contributed by atoms with Crippen LogP contribution in [0.2, 0.25) is 0 Å². The van der Waals surface area contributed by atoms with Crippen molar-refractivity contribution in [2.24, 2.45) is 17.2 Å². The smallest absolute Gasteiger partial charge is 0.318 e. The van der Waals surface area contributed by atoms with Crippen molar-refractivity contribution >= 4 is 53.2 Å². The van der Waals surface area contributed by atoms with Gasteiger partial charge in [-0.05, 0) is 13.3 Å². The summed E-state index contributed by atoms with van der Waals surface area (Å²) in [6.45, 7) is 0.399. The summed E-state index contributed by atoms with van der Waals surface area (Å²) in [5.74, 6) is -7.17. The number of carbonyl (C=O) groups is 7. The van der Waals surface area contributed by atoms with Crippen LogP contribution in [0.4, 0.5) is 0 Å². The number of carbonyl (C=O) groups excluding carboxylic acids is 6. The molecule has 0 saturated carbocycles. The largest absolute Gasteiger partial charge is 0.480 e. The van der Waals surface area contributed by atoms with E-state index in [0.29, 0.717) is 11.8 Å². The van der Waals surface area contributed by atoms with Gasteiger partial charge in [0.25, 0.3) is 0 Å². The maximum atomic E-state index is 12.9. The first-order valence-corrected chi connectivity index (χ1v) is 11.8. The highest BCUT2D eigenvalue weighted by Gasteiger charge is 2.35. The van der Waals surface area contributed by atoms with Crippen LogP contribution in [-0.4, -0.2) is 99.4 Å². The van der Waals surface area contributed by atoms with E-state index in [1.165, 1.54) is 6.92 Å². The third kappa shape index (κ3) is 9.67. The maximum Gasteiger partial charge on any atom is 0.318 e. The van der Waals surface area contributed by atoms with Crippen molar-refractivity contribution in [1.82, 2.24) is 21.3 Å². The summed E-state index contributed by atoms with van der Waals surface area (Å²) in [5.41, 5.74) is 16.2. The maximum absolute atomic E-state index is 12.9. The van der Waals surface area contributed by atoms with E-state index in [-0.39, 0.29) is 18.6 Å². The molecule has 6 amide bonds. The highest BCUT2D eigenvalue weighted by Crippen LogP contribution is 2.20. The Morgan fingerprint density at radius 2 is 1.50 bits per heavy atom. The first-order chi connectivity index (χ1) is 16.8. The van der Waals surface area contributed by atoms with Crippen molar-refractivity contribution in [3.8, 4) is 0 Å². The second kappa shape index (κ2) is 14.2. The zero-order valence-corrected chi connectivity index (χ0v) is 20.2. The molecular weight excluding hydrogens is 502 g/mol. The van der Waals surface area contributed by atoms with Gasteiger partial charge >= 0.3 is 5.97 Å². The zero-order chi connectivity index (χ0) is 27.6. The van der Waals surface area contributed by atoms with E-state index in [0.717, 1.165) is 0 Å². The van der Waals surface area contributed by atoms with Crippen LogP contribution in [-0.2, 0) is 33.6 Å². The summed E-state index contributed by atoms with van der Waals surface area (Å²) in [6, 6.07) is -6.89. The van der Waals surface area contributed by atoms with Crippen LogP contribution in [0, 0.1) is 0 Å². The Hall–Kier alpha value is -3.44. The number of carboxylic acid groups (broad SMARTS) is 1. The van der Waals surface area contributed by atoms with E-state index in [9.17, 15) is 43.8 Å². The van der Waals surface area contributed by atoms with E-state index in [1.54, 1.807) is 0 Å². The Bertz CT molecular complexity index is 887. The lowest BCUT2D eigenvalue weighted by Gasteiger charge is -2.29. The Morgan fingerprint density at radius 3 is 2.03 bits per heavy atom. The number of aliphatic hydroxyl groups excluding tert-OH is 1. The monoisotopic (exact) mass is 533 g/mol. The summed E-state index contributed by atoms with van der Waals surface area (Å²) in [5, 5.41) is 26.9. The van der Waals surface area contributed by atoms with Crippen molar-refractivity contribution in [2.45, 2.75) is 61.6 Å². The predicted molar refractivity (Wildman–Crippen MR) is 125 cm³/mol. The van der Waals surface area contributed by atoms with Crippen LogP contribution in [0.1, 0.15) is 26.2 Å². The topological polar surface area (TPSA) is 286 Å². The molecule has 1 heterocycles. The second-order valence-electron chi connectivity index (χ2n) is 8.02. The molecule has 0 aromatic rings. The standard InChI is InChI=1S/C19H31N7O9S/c1-7-15(30)25-10(4-13(22)29)17(32)24-9(2-3-12(21)28)14(19(34)35)36-6-8(20)16(31)26-11(5-27)18(33)23-7/h7-11,14,27H,2-6,20H2,1H3,(H2,21,28)(H2,22,29)(H,23,33)(H,24,32)(H,25,30)(H,26,31)(H,34,35)/t7-,8-,9+,10-,11?,14?/m0/s1.